The SMILES string of the molecule is CC(C)c1ncc(F)c2c1CCCC2. The van der Waals surface area contributed by atoms with Crippen molar-refractivity contribution in [2.45, 2.75) is 45.4 Å². The molecule has 0 saturated carbocycles. The molecule has 1 aromatic heterocycles. The van der Waals surface area contributed by atoms with E-state index in [-0.39, 0.29) is 5.82 Å². The minimum absolute atomic E-state index is 0.107. The average molecular weight is 193 g/mol. The fraction of sp³-hybridized carbons (Fsp3) is 0.583. The van der Waals surface area contributed by atoms with Crippen LogP contribution in [0.5, 0.6) is 0 Å². The van der Waals surface area contributed by atoms with E-state index in [1.165, 1.54) is 18.2 Å². The minimum atomic E-state index is -0.107. The Morgan fingerprint density at radius 2 is 1.86 bits per heavy atom. The number of pyridine rings is 1. The molecule has 0 spiro atoms. The van der Waals surface area contributed by atoms with Crippen LogP contribution in [0.1, 0.15) is 49.4 Å². The van der Waals surface area contributed by atoms with Crippen molar-refractivity contribution in [1.82, 2.24) is 4.98 Å². The summed E-state index contributed by atoms with van der Waals surface area (Å²) >= 11 is 0. The van der Waals surface area contributed by atoms with Crippen molar-refractivity contribution in [3.05, 3.63) is 28.8 Å². The highest BCUT2D eigenvalue weighted by atomic mass is 19.1. The van der Waals surface area contributed by atoms with E-state index >= 15 is 0 Å². The number of rotatable bonds is 1. The number of nitrogens with zero attached hydrogens (tertiary/aromatic N) is 1. The van der Waals surface area contributed by atoms with Gasteiger partial charge in [0, 0.05) is 5.69 Å². The molecular formula is C12H16FN. The van der Waals surface area contributed by atoms with E-state index in [2.05, 4.69) is 18.8 Å². The van der Waals surface area contributed by atoms with Crippen LogP contribution in [0.15, 0.2) is 6.20 Å². The standard InChI is InChI=1S/C12H16FN/c1-8(2)12-10-6-4-3-5-9(10)11(13)7-14-12/h7-8H,3-6H2,1-2H3. The van der Waals surface area contributed by atoms with Crippen LogP contribution in [0.2, 0.25) is 0 Å². The Balaban J connectivity index is 2.53. The lowest BCUT2D eigenvalue weighted by molar-refractivity contribution is 0.562. The van der Waals surface area contributed by atoms with Crippen molar-refractivity contribution in [2.75, 3.05) is 0 Å². The van der Waals surface area contributed by atoms with Crippen LogP contribution in [0.3, 0.4) is 0 Å². The molecule has 0 radical (unpaired) electrons. The van der Waals surface area contributed by atoms with E-state index in [0.717, 1.165) is 30.5 Å². The number of hydrogen-bond acceptors (Lipinski definition) is 1. The molecule has 1 aliphatic rings. The van der Waals surface area contributed by atoms with Crippen LogP contribution in [-0.4, -0.2) is 4.98 Å². The molecule has 1 aliphatic carbocycles. The Morgan fingerprint density at radius 3 is 2.50 bits per heavy atom. The van der Waals surface area contributed by atoms with Crippen LogP contribution >= 0.6 is 0 Å². The molecular weight excluding hydrogens is 177 g/mol. The van der Waals surface area contributed by atoms with Gasteiger partial charge in [-0.25, -0.2) is 4.39 Å². The van der Waals surface area contributed by atoms with Crippen LogP contribution in [0.25, 0.3) is 0 Å². The van der Waals surface area contributed by atoms with Gasteiger partial charge in [0.25, 0.3) is 0 Å². The van der Waals surface area contributed by atoms with Crippen LogP contribution in [-0.2, 0) is 12.8 Å². The molecule has 0 amide bonds. The topological polar surface area (TPSA) is 12.9 Å². The van der Waals surface area contributed by atoms with Gasteiger partial charge in [-0.3, -0.25) is 4.98 Å². The third kappa shape index (κ3) is 1.54. The quantitative estimate of drug-likeness (QED) is 0.667. The third-order valence-electron chi connectivity index (χ3n) is 2.93. The molecule has 76 valence electrons. The van der Waals surface area contributed by atoms with Gasteiger partial charge >= 0.3 is 0 Å². The molecule has 14 heavy (non-hydrogen) atoms. The van der Waals surface area contributed by atoms with E-state index in [0.29, 0.717) is 5.92 Å². The first kappa shape index (κ1) is 9.63. The predicted octanol–water partition coefficient (Wildman–Crippen LogP) is 3.22. The summed E-state index contributed by atoms with van der Waals surface area (Å²) in [7, 11) is 0. The second-order valence-electron chi connectivity index (χ2n) is 4.31. The molecule has 0 aromatic carbocycles. The van der Waals surface area contributed by atoms with Crippen molar-refractivity contribution in [3.8, 4) is 0 Å². The van der Waals surface area contributed by atoms with E-state index in [1.54, 1.807) is 0 Å². The molecule has 0 atom stereocenters. The van der Waals surface area contributed by atoms with E-state index in [1.807, 2.05) is 0 Å². The van der Waals surface area contributed by atoms with Crippen LogP contribution in [0.4, 0.5) is 4.39 Å². The molecule has 0 N–H and O–H groups in total. The maximum Gasteiger partial charge on any atom is 0.144 e. The lowest BCUT2D eigenvalue weighted by Gasteiger charge is -2.20. The van der Waals surface area contributed by atoms with Crippen molar-refractivity contribution in [3.63, 3.8) is 0 Å². The number of fused-ring (bicyclic) bond motifs is 1. The van der Waals surface area contributed by atoms with Gasteiger partial charge in [-0.1, -0.05) is 13.8 Å². The summed E-state index contributed by atoms with van der Waals surface area (Å²) in [6.07, 6.45) is 5.58. The second kappa shape index (κ2) is 3.68. The van der Waals surface area contributed by atoms with E-state index in [4.69, 9.17) is 0 Å². The Bertz CT molecular complexity index is 344. The lowest BCUT2D eigenvalue weighted by Crippen LogP contribution is -2.11. The molecule has 0 bridgehead atoms. The zero-order valence-electron chi connectivity index (χ0n) is 8.81. The highest BCUT2D eigenvalue weighted by Gasteiger charge is 2.19. The zero-order chi connectivity index (χ0) is 10.1. The van der Waals surface area contributed by atoms with Crippen molar-refractivity contribution in [2.24, 2.45) is 0 Å². The predicted molar refractivity (Wildman–Crippen MR) is 54.9 cm³/mol. The molecule has 2 rings (SSSR count). The molecule has 0 aliphatic heterocycles. The smallest absolute Gasteiger partial charge is 0.144 e. The fourth-order valence-corrected chi connectivity index (χ4v) is 2.23. The molecule has 0 fully saturated rings. The maximum atomic E-state index is 13.5. The average Bonchev–Trinajstić information content (AvgIpc) is 2.18. The van der Waals surface area contributed by atoms with Gasteiger partial charge in [-0.2, -0.15) is 0 Å². The molecule has 1 heterocycles. The Kier molecular flexibility index (Phi) is 2.53. The van der Waals surface area contributed by atoms with E-state index in [9.17, 15) is 4.39 Å². The summed E-state index contributed by atoms with van der Waals surface area (Å²) in [6.45, 7) is 4.24. The summed E-state index contributed by atoms with van der Waals surface area (Å²) in [5, 5.41) is 0. The molecule has 0 unspecified atom stereocenters. The lowest BCUT2D eigenvalue weighted by atomic mass is 9.88. The molecule has 1 nitrogen and oxygen atoms in total. The summed E-state index contributed by atoms with van der Waals surface area (Å²) in [4.78, 5) is 4.22. The largest absolute Gasteiger partial charge is 0.258 e. The van der Waals surface area contributed by atoms with Gasteiger partial charge in [0.1, 0.15) is 5.82 Å². The van der Waals surface area contributed by atoms with Gasteiger partial charge in [-0.05, 0) is 42.7 Å². The van der Waals surface area contributed by atoms with Crippen LogP contribution in [0, 0.1) is 5.82 Å². The van der Waals surface area contributed by atoms with Crippen molar-refractivity contribution >= 4 is 0 Å². The monoisotopic (exact) mass is 193 g/mol. The third-order valence-corrected chi connectivity index (χ3v) is 2.93. The summed E-state index contributed by atoms with van der Waals surface area (Å²) in [6, 6.07) is 0. The fourth-order valence-electron chi connectivity index (χ4n) is 2.23. The number of aromatic nitrogens is 1. The molecule has 2 heteroatoms. The van der Waals surface area contributed by atoms with Crippen molar-refractivity contribution < 1.29 is 4.39 Å². The summed E-state index contributed by atoms with van der Waals surface area (Å²) < 4.78 is 13.5. The minimum Gasteiger partial charge on any atom is -0.258 e. The zero-order valence-corrected chi connectivity index (χ0v) is 8.81. The number of hydrogen-bond donors (Lipinski definition) is 0. The Labute approximate surface area is 84.4 Å². The van der Waals surface area contributed by atoms with Gasteiger partial charge < -0.3 is 0 Å². The first-order chi connectivity index (χ1) is 6.70. The Hall–Kier alpha value is -0.920. The highest BCUT2D eigenvalue weighted by Crippen LogP contribution is 2.28. The van der Waals surface area contributed by atoms with Crippen molar-refractivity contribution in [1.29, 1.82) is 0 Å². The maximum absolute atomic E-state index is 13.5. The Morgan fingerprint density at radius 1 is 1.21 bits per heavy atom. The van der Waals surface area contributed by atoms with Crippen LogP contribution < -0.4 is 0 Å². The van der Waals surface area contributed by atoms with Gasteiger partial charge in [-0.15, -0.1) is 0 Å². The highest BCUT2D eigenvalue weighted by molar-refractivity contribution is 5.34. The molecule has 0 saturated heterocycles. The van der Waals surface area contributed by atoms with Gasteiger partial charge in [0.2, 0.25) is 0 Å². The van der Waals surface area contributed by atoms with E-state index < -0.39 is 0 Å². The first-order valence-electron chi connectivity index (χ1n) is 5.36. The number of halogens is 1. The van der Waals surface area contributed by atoms with Gasteiger partial charge in [0.15, 0.2) is 0 Å². The second-order valence-corrected chi connectivity index (χ2v) is 4.31. The summed E-state index contributed by atoms with van der Waals surface area (Å²) in [5.74, 6) is 0.298. The van der Waals surface area contributed by atoms with Gasteiger partial charge in [0.05, 0.1) is 6.20 Å². The molecule has 1 aromatic rings. The first-order valence-corrected chi connectivity index (χ1v) is 5.36. The normalized spacial score (nSPS) is 15.7. The summed E-state index contributed by atoms with van der Waals surface area (Å²) in [5.41, 5.74) is 3.21.